The fourth-order valence-corrected chi connectivity index (χ4v) is 0.453. The third-order valence-corrected chi connectivity index (χ3v) is 1.16. The topological polar surface area (TPSA) is 0 Å². The van der Waals surface area contributed by atoms with Crippen LogP contribution in [0.3, 0.4) is 0 Å². The Labute approximate surface area is 64.9 Å². The van der Waals surface area contributed by atoms with Crippen molar-refractivity contribution in [2.45, 2.75) is 18.0 Å². The molecule has 1 atom stereocenters. The Morgan fingerprint density at radius 2 is 1.67 bits per heavy atom. The van der Waals surface area contributed by atoms with Crippen LogP contribution in [0.1, 0.15) is 0 Å². The van der Waals surface area contributed by atoms with Gasteiger partial charge in [0.25, 0.3) is 0 Å². The van der Waals surface area contributed by atoms with Gasteiger partial charge in [0.15, 0.2) is 6.67 Å². The van der Waals surface area contributed by atoms with E-state index < -0.39 is 24.7 Å². The summed E-state index contributed by atoms with van der Waals surface area (Å²) in [5.74, 6) is -9.08. The number of hydrogen-bond donors (Lipinski definition) is 0. The Hall–Kier alpha value is -0.680. The van der Waals surface area contributed by atoms with Gasteiger partial charge in [-0.3, -0.25) is 0 Å². The minimum atomic E-state index is -4.67. The van der Waals surface area contributed by atoms with Gasteiger partial charge >= 0.3 is 11.8 Å². The van der Waals surface area contributed by atoms with Gasteiger partial charge in [-0.25, -0.2) is 17.6 Å². The predicted molar refractivity (Wildman–Crippen MR) is 31.0 cm³/mol. The van der Waals surface area contributed by atoms with Gasteiger partial charge in [0.05, 0.1) is 0 Å². The monoisotopic (exact) mass is 192 g/mol. The molecule has 0 saturated heterocycles. The first kappa shape index (κ1) is 11.3. The standard InChI is InChI=1S/C6H6F6/c1-2-5(9,10)4(8)6(11,12)3-7/h2,4H,1,3H2. The molecule has 0 aromatic rings. The Bertz CT molecular complexity index is 163. The zero-order valence-electron chi connectivity index (χ0n) is 5.84. The molecule has 0 aromatic heterocycles. The zero-order chi connectivity index (χ0) is 9.99. The summed E-state index contributed by atoms with van der Waals surface area (Å²) >= 11 is 0. The summed E-state index contributed by atoms with van der Waals surface area (Å²) < 4.78 is 71.6. The first-order valence-corrected chi connectivity index (χ1v) is 2.87. The maximum Gasteiger partial charge on any atom is 0.312 e. The van der Waals surface area contributed by atoms with Crippen LogP contribution >= 0.6 is 0 Å². The molecule has 0 aromatic carbocycles. The van der Waals surface area contributed by atoms with Crippen molar-refractivity contribution in [3.8, 4) is 0 Å². The third kappa shape index (κ3) is 2.15. The largest absolute Gasteiger partial charge is 0.312 e. The molecular formula is C6H6F6. The summed E-state index contributed by atoms with van der Waals surface area (Å²) in [4.78, 5) is 0. The Morgan fingerprint density at radius 1 is 1.25 bits per heavy atom. The first-order chi connectivity index (χ1) is 5.28. The molecule has 0 N–H and O–H groups in total. The molecule has 0 spiro atoms. The lowest BCUT2D eigenvalue weighted by Crippen LogP contribution is -2.44. The summed E-state index contributed by atoms with van der Waals surface area (Å²) in [6.45, 7) is -0.00526. The summed E-state index contributed by atoms with van der Waals surface area (Å²) in [6, 6.07) is 0. The summed E-state index contributed by atoms with van der Waals surface area (Å²) in [5, 5.41) is 0. The molecule has 6 heteroatoms. The van der Waals surface area contributed by atoms with Crippen LogP contribution < -0.4 is 0 Å². The van der Waals surface area contributed by atoms with Crippen molar-refractivity contribution >= 4 is 0 Å². The minimum absolute atomic E-state index is 0.277. The van der Waals surface area contributed by atoms with Gasteiger partial charge in [-0.2, -0.15) is 8.78 Å². The smallest absolute Gasteiger partial charge is 0.244 e. The first-order valence-electron chi connectivity index (χ1n) is 2.87. The normalized spacial score (nSPS) is 15.8. The second kappa shape index (κ2) is 3.37. The van der Waals surface area contributed by atoms with Crippen LogP contribution in [-0.2, 0) is 0 Å². The minimum Gasteiger partial charge on any atom is -0.244 e. The Balaban J connectivity index is 4.58. The molecule has 0 heterocycles. The van der Waals surface area contributed by atoms with E-state index in [2.05, 4.69) is 6.58 Å². The van der Waals surface area contributed by atoms with Gasteiger partial charge in [-0.15, -0.1) is 0 Å². The highest BCUT2D eigenvalue weighted by atomic mass is 19.3. The van der Waals surface area contributed by atoms with Gasteiger partial charge in [-0.05, 0) is 6.08 Å². The molecule has 0 fully saturated rings. The molecule has 0 aliphatic rings. The van der Waals surface area contributed by atoms with E-state index in [0.29, 0.717) is 0 Å². The summed E-state index contributed by atoms with van der Waals surface area (Å²) in [6.07, 6.45) is -4.14. The average Bonchev–Trinajstić information content (AvgIpc) is 2.03. The van der Waals surface area contributed by atoms with Crippen molar-refractivity contribution in [1.82, 2.24) is 0 Å². The molecule has 1 unspecified atom stereocenters. The number of hydrogen-bond acceptors (Lipinski definition) is 0. The number of allylic oxidation sites excluding steroid dienone is 1. The van der Waals surface area contributed by atoms with Crippen LogP contribution in [0.5, 0.6) is 0 Å². The van der Waals surface area contributed by atoms with Crippen LogP contribution in [0.15, 0.2) is 12.7 Å². The Morgan fingerprint density at radius 3 is 1.92 bits per heavy atom. The van der Waals surface area contributed by atoms with Gasteiger partial charge in [-0.1, -0.05) is 6.58 Å². The van der Waals surface area contributed by atoms with E-state index in [1.165, 1.54) is 0 Å². The molecule has 0 rings (SSSR count). The SMILES string of the molecule is C=CC(F)(F)C(F)C(F)(F)CF. The van der Waals surface area contributed by atoms with E-state index in [0.717, 1.165) is 0 Å². The highest BCUT2D eigenvalue weighted by Gasteiger charge is 2.54. The number of halogens is 6. The van der Waals surface area contributed by atoms with Gasteiger partial charge in [0.1, 0.15) is 0 Å². The van der Waals surface area contributed by atoms with E-state index in [9.17, 15) is 26.3 Å². The molecule has 0 saturated carbocycles. The highest BCUT2D eigenvalue weighted by molar-refractivity contribution is 4.99. The van der Waals surface area contributed by atoms with E-state index in [4.69, 9.17) is 0 Å². The second-order valence-electron chi connectivity index (χ2n) is 2.14. The van der Waals surface area contributed by atoms with Gasteiger partial charge in [0, 0.05) is 0 Å². The van der Waals surface area contributed by atoms with Crippen LogP contribution in [0.25, 0.3) is 0 Å². The number of rotatable bonds is 4. The molecule has 0 nitrogen and oxygen atoms in total. The molecule has 12 heavy (non-hydrogen) atoms. The average molecular weight is 192 g/mol. The van der Waals surface area contributed by atoms with Gasteiger partial charge in [0.2, 0.25) is 6.17 Å². The summed E-state index contributed by atoms with van der Waals surface area (Å²) in [7, 11) is 0. The van der Waals surface area contributed by atoms with E-state index in [-0.39, 0.29) is 6.08 Å². The highest BCUT2D eigenvalue weighted by Crippen LogP contribution is 2.34. The molecule has 0 aliphatic heterocycles. The van der Waals surface area contributed by atoms with Crippen molar-refractivity contribution in [3.63, 3.8) is 0 Å². The zero-order valence-corrected chi connectivity index (χ0v) is 5.84. The molecule has 0 amide bonds. The fourth-order valence-electron chi connectivity index (χ4n) is 0.453. The van der Waals surface area contributed by atoms with E-state index in [1.54, 1.807) is 0 Å². The third-order valence-electron chi connectivity index (χ3n) is 1.16. The van der Waals surface area contributed by atoms with Gasteiger partial charge < -0.3 is 0 Å². The van der Waals surface area contributed by atoms with E-state index >= 15 is 0 Å². The van der Waals surface area contributed by atoms with Crippen LogP contribution in [0.4, 0.5) is 26.3 Å². The van der Waals surface area contributed by atoms with Crippen molar-refractivity contribution in [3.05, 3.63) is 12.7 Å². The molecular weight excluding hydrogens is 186 g/mol. The second-order valence-corrected chi connectivity index (χ2v) is 2.14. The maximum atomic E-state index is 12.1. The number of alkyl halides is 6. The maximum absolute atomic E-state index is 12.1. The predicted octanol–water partition coefficient (Wildman–Crippen LogP) is 2.75. The van der Waals surface area contributed by atoms with Crippen LogP contribution in [0, 0.1) is 0 Å². The van der Waals surface area contributed by atoms with Crippen molar-refractivity contribution in [2.75, 3.05) is 6.67 Å². The molecule has 0 aliphatic carbocycles. The molecule has 0 bridgehead atoms. The lowest BCUT2D eigenvalue weighted by Gasteiger charge is -2.22. The van der Waals surface area contributed by atoms with Crippen LogP contribution in [-0.4, -0.2) is 24.7 Å². The van der Waals surface area contributed by atoms with Crippen molar-refractivity contribution in [1.29, 1.82) is 0 Å². The van der Waals surface area contributed by atoms with E-state index in [1.807, 2.05) is 0 Å². The summed E-state index contributed by atoms with van der Waals surface area (Å²) in [5.41, 5.74) is 0. The van der Waals surface area contributed by atoms with Crippen LogP contribution in [0.2, 0.25) is 0 Å². The van der Waals surface area contributed by atoms with Crippen molar-refractivity contribution < 1.29 is 26.3 Å². The fraction of sp³-hybridized carbons (Fsp3) is 0.667. The lowest BCUT2D eigenvalue weighted by atomic mass is 10.1. The van der Waals surface area contributed by atoms with Crippen molar-refractivity contribution in [2.24, 2.45) is 0 Å². The Kier molecular flexibility index (Phi) is 3.17. The molecule has 0 radical (unpaired) electrons. The molecule has 72 valence electrons. The lowest BCUT2D eigenvalue weighted by molar-refractivity contribution is -0.166. The quantitative estimate of drug-likeness (QED) is 0.474.